The molecule has 13 heteroatoms. The van der Waals surface area contributed by atoms with Crippen molar-refractivity contribution in [2.24, 2.45) is 5.92 Å². The Morgan fingerprint density at radius 2 is 1.32 bits per heavy atom. The number of aromatic amines is 1. The van der Waals surface area contributed by atoms with Crippen LogP contribution in [0.15, 0.2) is 89.7 Å². The zero-order chi connectivity index (χ0) is 41.0. The molecule has 3 saturated heterocycles. The first-order chi connectivity index (χ1) is 28.6. The van der Waals surface area contributed by atoms with Crippen molar-refractivity contribution in [1.82, 2.24) is 34.7 Å². The van der Waals surface area contributed by atoms with Gasteiger partial charge in [-0.1, -0.05) is 60.7 Å². The van der Waals surface area contributed by atoms with Crippen molar-refractivity contribution in [3.8, 4) is 11.1 Å². The number of hydrogen-bond donors (Lipinski definition) is 1. The summed E-state index contributed by atoms with van der Waals surface area (Å²) in [5.74, 6) is -1.27. The number of aryl methyl sites for hydroxylation is 1. The Kier molecular flexibility index (Phi) is 11.9. The van der Waals surface area contributed by atoms with Gasteiger partial charge in [0.05, 0.1) is 28.8 Å². The molecule has 8 rings (SSSR count). The maximum atomic E-state index is 15.3. The van der Waals surface area contributed by atoms with Crippen molar-refractivity contribution in [1.29, 1.82) is 0 Å². The molecule has 3 aliphatic heterocycles. The van der Waals surface area contributed by atoms with Crippen LogP contribution in [0.25, 0.3) is 21.9 Å². The molecule has 3 fully saturated rings. The smallest absolute Gasteiger partial charge is 0.272 e. The number of likely N-dealkylation sites (tertiary alicyclic amines) is 1. The maximum Gasteiger partial charge on any atom is 0.272 e. The molecular weight excluding hydrogens is 753 g/mol. The molecule has 1 N–H and O–H groups in total. The first-order valence-electron chi connectivity index (χ1n) is 20.5. The average Bonchev–Trinajstić information content (AvgIpc) is 3.26. The van der Waals surface area contributed by atoms with Crippen LogP contribution in [0.4, 0.5) is 8.78 Å². The predicted octanol–water partition coefficient (Wildman–Crippen LogP) is 5.22. The van der Waals surface area contributed by atoms with Gasteiger partial charge in [0, 0.05) is 83.8 Å². The molecule has 0 radical (unpaired) electrons. The SMILES string of the molecule is Cc1cc(-c2ccccc2)cc(F)c1C(=O)N1CCC(CN2CCN(CC(=O)N3CCN(C(=O)c4cc(Cc5n[nH]c(=O)c6ccccc56)ccc4F)CC3)CC2)CC1. The van der Waals surface area contributed by atoms with E-state index in [1.807, 2.05) is 48.5 Å². The van der Waals surface area contributed by atoms with Crippen LogP contribution in [-0.2, 0) is 11.2 Å². The molecule has 59 heavy (non-hydrogen) atoms. The van der Waals surface area contributed by atoms with Gasteiger partial charge in [-0.25, -0.2) is 13.9 Å². The van der Waals surface area contributed by atoms with E-state index in [0.29, 0.717) is 85.7 Å². The van der Waals surface area contributed by atoms with E-state index >= 15 is 8.78 Å². The van der Waals surface area contributed by atoms with E-state index in [1.165, 1.54) is 12.1 Å². The van der Waals surface area contributed by atoms with Gasteiger partial charge in [-0.3, -0.25) is 24.1 Å². The number of rotatable bonds is 9. The number of halogens is 2. The second-order valence-corrected chi connectivity index (χ2v) is 16.0. The third-order valence-corrected chi connectivity index (χ3v) is 12.2. The lowest BCUT2D eigenvalue weighted by Gasteiger charge is -2.40. The van der Waals surface area contributed by atoms with Gasteiger partial charge in [0.15, 0.2) is 0 Å². The molecular formula is C46H49F2N7O4. The minimum atomic E-state index is -0.607. The number of fused-ring (bicyclic) bond motifs is 1. The Labute approximate surface area is 342 Å². The molecule has 0 bridgehead atoms. The zero-order valence-corrected chi connectivity index (χ0v) is 33.3. The third kappa shape index (κ3) is 8.96. The first kappa shape index (κ1) is 40.0. The zero-order valence-electron chi connectivity index (χ0n) is 33.3. The van der Waals surface area contributed by atoms with Crippen LogP contribution in [0.1, 0.15) is 50.4 Å². The number of benzene rings is 4. The van der Waals surface area contributed by atoms with Crippen molar-refractivity contribution in [3.63, 3.8) is 0 Å². The summed E-state index contributed by atoms with van der Waals surface area (Å²) in [5, 5.41) is 7.96. The molecule has 0 unspecified atom stereocenters. The highest BCUT2D eigenvalue weighted by Gasteiger charge is 2.31. The number of hydrogen-bond acceptors (Lipinski definition) is 7. The Morgan fingerprint density at radius 1 is 0.678 bits per heavy atom. The topological polar surface area (TPSA) is 113 Å². The molecule has 306 valence electrons. The summed E-state index contributed by atoms with van der Waals surface area (Å²) in [4.78, 5) is 62.3. The van der Waals surface area contributed by atoms with Crippen molar-refractivity contribution in [3.05, 3.63) is 135 Å². The molecule has 4 aromatic carbocycles. The van der Waals surface area contributed by atoms with Gasteiger partial charge in [-0.05, 0) is 72.2 Å². The Bertz CT molecular complexity index is 2380. The molecule has 3 aliphatic rings. The van der Waals surface area contributed by atoms with Crippen LogP contribution in [0.2, 0.25) is 0 Å². The molecule has 0 saturated carbocycles. The van der Waals surface area contributed by atoms with Gasteiger partial charge < -0.3 is 19.6 Å². The van der Waals surface area contributed by atoms with Crippen LogP contribution in [0.5, 0.6) is 0 Å². The fourth-order valence-electron chi connectivity index (χ4n) is 8.75. The second kappa shape index (κ2) is 17.6. The number of nitrogens with one attached hydrogen (secondary N) is 1. The van der Waals surface area contributed by atoms with Gasteiger partial charge in [-0.15, -0.1) is 0 Å². The summed E-state index contributed by atoms with van der Waals surface area (Å²) in [6.45, 7) is 8.90. The summed E-state index contributed by atoms with van der Waals surface area (Å²) in [7, 11) is 0. The number of nitrogens with zero attached hydrogens (tertiary/aromatic N) is 6. The van der Waals surface area contributed by atoms with E-state index < -0.39 is 17.5 Å². The van der Waals surface area contributed by atoms with Crippen LogP contribution < -0.4 is 5.56 Å². The Balaban J connectivity index is 0.765. The van der Waals surface area contributed by atoms with Crippen LogP contribution >= 0.6 is 0 Å². The minimum Gasteiger partial charge on any atom is -0.339 e. The van der Waals surface area contributed by atoms with Crippen LogP contribution in [0.3, 0.4) is 0 Å². The number of piperidine rings is 1. The summed E-state index contributed by atoms with van der Waals surface area (Å²) in [6.07, 6.45) is 2.04. The van der Waals surface area contributed by atoms with E-state index in [1.54, 1.807) is 45.9 Å². The summed E-state index contributed by atoms with van der Waals surface area (Å²) < 4.78 is 30.3. The number of amides is 3. The molecule has 4 heterocycles. The quantitative estimate of drug-likeness (QED) is 0.218. The largest absolute Gasteiger partial charge is 0.339 e. The summed E-state index contributed by atoms with van der Waals surface area (Å²) >= 11 is 0. The molecule has 0 aliphatic carbocycles. The summed E-state index contributed by atoms with van der Waals surface area (Å²) in [6, 6.07) is 24.6. The van der Waals surface area contributed by atoms with Gasteiger partial charge in [-0.2, -0.15) is 5.10 Å². The molecule has 1 aromatic heterocycles. The minimum absolute atomic E-state index is 0.0246. The van der Waals surface area contributed by atoms with Crippen molar-refractivity contribution in [2.75, 3.05) is 78.5 Å². The number of carbonyl (C=O) groups excluding carboxylic acids is 3. The van der Waals surface area contributed by atoms with Gasteiger partial charge in [0.25, 0.3) is 17.4 Å². The van der Waals surface area contributed by atoms with Gasteiger partial charge in [0.1, 0.15) is 11.6 Å². The standard InChI is InChI=1S/C46H49F2N7O4/c1-31-25-35(34-7-3-2-4-8-34)28-40(48)43(31)46(59)54-15-13-32(14-16-54)29-51-17-19-52(20-18-51)30-42(56)53-21-23-55(24-22-53)45(58)38-26-33(11-12-39(38)47)27-41-36-9-5-6-10-37(36)44(57)50-49-41/h2-12,25-26,28,32H,13-24,27,29-30H2,1H3,(H,50,57). The highest BCUT2D eigenvalue weighted by molar-refractivity contribution is 5.97. The lowest BCUT2D eigenvalue weighted by molar-refractivity contribution is -0.134. The van der Waals surface area contributed by atoms with E-state index in [4.69, 9.17) is 0 Å². The maximum absolute atomic E-state index is 15.3. The predicted molar refractivity (Wildman–Crippen MR) is 222 cm³/mol. The van der Waals surface area contributed by atoms with Crippen molar-refractivity contribution in [2.45, 2.75) is 26.2 Å². The normalized spacial score (nSPS) is 17.1. The lowest BCUT2D eigenvalue weighted by Crippen LogP contribution is -2.55. The molecule has 3 amide bonds. The second-order valence-electron chi connectivity index (χ2n) is 16.0. The van der Waals surface area contributed by atoms with Gasteiger partial charge >= 0.3 is 0 Å². The first-order valence-corrected chi connectivity index (χ1v) is 20.5. The number of carbonyl (C=O) groups is 3. The Hall–Kier alpha value is -5.79. The third-order valence-electron chi connectivity index (χ3n) is 12.2. The number of piperazine rings is 2. The average molecular weight is 802 g/mol. The van der Waals surface area contributed by atoms with E-state index in [2.05, 4.69) is 20.0 Å². The van der Waals surface area contributed by atoms with E-state index in [0.717, 1.165) is 56.7 Å². The molecule has 0 spiro atoms. The van der Waals surface area contributed by atoms with Crippen LogP contribution in [-0.4, -0.2) is 131 Å². The fourth-order valence-corrected chi connectivity index (χ4v) is 8.75. The highest BCUT2D eigenvalue weighted by atomic mass is 19.1. The molecule has 5 aromatic rings. The van der Waals surface area contributed by atoms with Crippen LogP contribution in [0, 0.1) is 24.5 Å². The molecule has 0 atom stereocenters. The monoisotopic (exact) mass is 801 g/mol. The highest BCUT2D eigenvalue weighted by Crippen LogP contribution is 2.28. The Morgan fingerprint density at radius 3 is 2.03 bits per heavy atom. The fraction of sp³-hybridized carbons (Fsp3) is 0.370. The number of H-pyrrole nitrogens is 1. The molecule has 11 nitrogen and oxygen atoms in total. The van der Waals surface area contributed by atoms with Crippen molar-refractivity contribution < 1.29 is 23.2 Å². The van der Waals surface area contributed by atoms with Gasteiger partial charge in [0.2, 0.25) is 5.91 Å². The number of aromatic nitrogens is 2. The van der Waals surface area contributed by atoms with Crippen molar-refractivity contribution >= 4 is 28.5 Å². The van der Waals surface area contributed by atoms with E-state index in [-0.39, 0.29) is 28.5 Å². The summed E-state index contributed by atoms with van der Waals surface area (Å²) in [5.41, 5.74) is 3.50. The van der Waals surface area contributed by atoms with E-state index in [9.17, 15) is 19.2 Å². The lowest BCUT2D eigenvalue weighted by atomic mass is 9.94.